The molecule has 1 saturated heterocycles. The van der Waals surface area contributed by atoms with E-state index >= 15 is 4.39 Å². The Kier molecular flexibility index (Phi) is 6.88. The van der Waals surface area contributed by atoms with Gasteiger partial charge in [0.05, 0.1) is 17.6 Å². The van der Waals surface area contributed by atoms with Crippen LogP contribution >= 0.6 is 0 Å². The molecule has 1 aliphatic rings. The molecule has 3 aromatic carbocycles. The molecule has 1 aliphatic heterocycles. The van der Waals surface area contributed by atoms with E-state index < -0.39 is 5.82 Å². The van der Waals surface area contributed by atoms with Gasteiger partial charge >= 0.3 is 0 Å². The number of ether oxygens (including phenoxy) is 1. The maximum absolute atomic E-state index is 15.2. The van der Waals surface area contributed by atoms with Crippen LogP contribution < -0.4 is 20.3 Å². The fraction of sp³-hybridized carbons (Fsp3) is 0.167. The van der Waals surface area contributed by atoms with E-state index in [4.69, 9.17) is 4.74 Å². The molecule has 0 aliphatic carbocycles. The average molecular weight is 523 g/mol. The summed E-state index contributed by atoms with van der Waals surface area (Å²) >= 11 is 0. The third kappa shape index (κ3) is 5.30. The summed E-state index contributed by atoms with van der Waals surface area (Å²) in [4.78, 5) is 20.0. The molecule has 0 saturated carbocycles. The first-order chi connectivity index (χ1) is 19.2. The normalized spacial score (nSPS) is 13.4. The minimum atomic E-state index is -0.461. The molecule has 0 bridgehead atoms. The number of halogens is 1. The van der Waals surface area contributed by atoms with Crippen LogP contribution in [0.5, 0.6) is 5.75 Å². The van der Waals surface area contributed by atoms with Crippen molar-refractivity contribution in [1.29, 1.82) is 0 Å². The smallest absolute Gasteiger partial charge is 0.274 e. The second-order valence-corrected chi connectivity index (χ2v) is 9.26. The summed E-state index contributed by atoms with van der Waals surface area (Å²) in [5.74, 6) is -0.387. The number of anilines is 2. The van der Waals surface area contributed by atoms with E-state index in [9.17, 15) is 4.79 Å². The fourth-order valence-corrected chi connectivity index (χ4v) is 4.68. The molecule has 0 spiro atoms. The molecule has 0 atom stereocenters. The number of nitrogens with zero attached hydrogens (tertiary/aromatic N) is 4. The molecule has 39 heavy (non-hydrogen) atoms. The van der Waals surface area contributed by atoms with E-state index in [1.165, 1.54) is 10.6 Å². The standard InChI is InChI=1S/C30H27FN6O2/c31-25-18-22(39-20-21-6-2-1-3-7-21)10-11-23(25)24-19-33-37-15-12-27(34-29(24)37)30(38)35-26-8-4-5-9-28(26)36-16-13-32-14-17-36/h1-12,15,18-19,32H,13-14,16-17,20H2,(H,35,38). The van der Waals surface area contributed by atoms with Gasteiger partial charge in [0.25, 0.3) is 5.91 Å². The molecular formula is C30H27FN6O2. The second-order valence-electron chi connectivity index (χ2n) is 9.26. The van der Waals surface area contributed by atoms with E-state index in [0.717, 1.165) is 43.1 Å². The van der Waals surface area contributed by atoms with Crippen LogP contribution in [0.3, 0.4) is 0 Å². The zero-order valence-electron chi connectivity index (χ0n) is 21.2. The second kappa shape index (κ2) is 10.9. The van der Waals surface area contributed by atoms with Gasteiger partial charge in [-0.1, -0.05) is 42.5 Å². The average Bonchev–Trinajstić information content (AvgIpc) is 3.40. The highest BCUT2D eigenvalue weighted by Gasteiger charge is 2.19. The van der Waals surface area contributed by atoms with Crippen LogP contribution in [0, 0.1) is 5.82 Å². The number of amides is 1. The minimum Gasteiger partial charge on any atom is -0.489 e. The van der Waals surface area contributed by atoms with Gasteiger partial charge in [-0.3, -0.25) is 4.79 Å². The van der Waals surface area contributed by atoms with Crippen molar-refractivity contribution in [2.75, 3.05) is 36.4 Å². The number of carbonyl (C=O) groups excluding carboxylic acids is 1. The Bertz CT molecular complexity index is 1610. The van der Waals surface area contributed by atoms with Crippen molar-refractivity contribution in [2.45, 2.75) is 6.61 Å². The summed E-state index contributed by atoms with van der Waals surface area (Å²) in [5, 5.41) is 10.7. The number of piperazine rings is 1. The molecule has 196 valence electrons. The number of hydrogen-bond donors (Lipinski definition) is 2. The van der Waals surface area contributed by atoms with Gasteiger partial charge in [0.1, 0.15) is 23.9 Å². The predicted molar refractivity (Wildman–Crippen MR) is 149 cm³/mol. The number of carbonyl (C=O) groups is 1. The fourth-order valence-electron chi connectivity index (χ4n) is 4.68. The first-order valence-corrected chi connectivity index (χ1v) is 12.8. The highest BCUT2D eigenvalue weighted by molar-refractivity contribution is 6.05. The van der Waals surface area contributed by atoms with Crippen LogP contribution in [0.25, 0.3) is 16.8 Å². The van der Waals surface area contributed by atoms with Crippen molar-refractivity contribution >= 4 is 22.9 Å². The topological polar surface area (TPSA) is 83.8 Å². The number of para-hydroxylation sites is 2. The predicted octanol–water partition coefficient (Wildman–Crippen LogP) is 4.78. The van der Waals surface area contributed by atoms with Gasteiger partial charge in [-0.15, -0.1) is 0 Å². The van der Waals surface area contributed by atoms with Crippen LogP contribution in [0.1, 0.15) is 16.1 Å². The van der Waals surface area contributed by atoms with Crippen molar-refractivity contribution in [3.8, 4) is 16.9 Å². The molecule has 5 aromatic rings. The SMILES string of the molecule is O=C(Nc1ccccc1N1CCNCC1)c1ccn2ncc(-c3ccc(OCc4ccccc4)cc3F)c2n1. The van der Waals surface area contributed by atoms with E-state index in [0.29, 0.717) is 29.1 Å². The summed E-state index contributed by atoms with van der Waals surface area (Å²) in [6.45, 7) is 3.84. The quantitative estimate of drug-likeness (QED) is 0.320. The highest BCUT2D eigenvalue weighted by atomic mass is 19.1. The lowest BCUT2D eigenvalue weighted by Gasteiger charge is -2.31. The Labute approximate surface area is 225 Å². The van der Waals surface area contributed by atoms with Crippen molar-refractivity contribution < 1.29 is 13.9 Å². The van der Waals surface area contributed by atoms with Gasteiger partial charge in [0, 0.05) is 49.6 Å². The van der Waals surface area contributed by atoms with Crippen molar-refractivity contribution in [3.05, 3.63) is 108 Å². The van der Waals surface area contributed by atoms with Gasteiger partial charge in [-0.05, 0) is 35.9 Å². The Hall–Kier alpha value is -4.76. The molecule has 3 heterocycles. The lowest BCUT2D eigenvalue weighted by atomic mass is 10.1. The zero-order chi connectivity index (χ0) is 26.6. The third-order valence-electron chi connectivity index (χ3n) is 6.69. The van der Waals surface area contributed by atoms with E-state index in [1.54, 1.807) is 30.6 Å². The molecule has 0 unspecified atom stereocenters. The molecule has 6 rings (SSSR count). The van der Waals surface area contributed by atoms with E-state index in [1.807, 2.05) is 54.6 Å². The first-order valence-electron chi connectivity index (χ1n) is 12.8. The summed E-state index contributed by atoms with van der Waals surface area (Å²) < 4.78 is 22.5. The Morgan fingerprint density at radius 3 is 2.59 bits per heavy atom. The highest BCUT2D eigenvalue weighted by Crippen LogP contribution is 2.30. The third-order valence-corrected chi connectivity index (χ3v) is 6.69. The number of fused-ring (bicyclic) bond motifs is 1. The van der Waals surface area contributed by atoms with Crippen molar-refractivity contribution in [2.24, 2.45) is 0 Å². The molecule has 8 nitrogen and oxygen atoms in total. The van der Waals surface area contributed by atoms with Crippen molar-refractivity contribution in [1.82, 2.24) is 19.9 Å². The lowest BCUT2D eigenvalue weighted by molar-refractivity contribution is 0.102. The summed E-state index contributed by atoms with van der Waals surface area (Å²) in [7, 11) is 0. The summed E-state index contributed by atoms with van der Waals surface area (Å²) in [6.07, 6.45) is 3.20. The zero-order valence-corrected chi connectivity index (χ0v) is 21.2. The summed E-state index contributed by atoms with van der Waals surface area (Å²) in [6, 6.07) is 23.8. The van der Waals surface area contributed by atoms with Crippen LogP contribution in [-0.2, 0) is 6.61 Å². The molecule has 2 aromatic heterocycles. The number of nitrogens with one attached hydrogen (secondary N) is 2. The van der Waals surface area contributed by atoms with Gasteiger partial charge in [-0.25, -0.2) is 13.9 Å². The van der Waals surface area contributed by atoms with Crippen molar-refractivity contribution in [3.63, 3.8) is 0 Å². The number of rotatable bonds is 7. The molecule has 1 fully saturated rings. The minimum absolute atomic E-state index is 0.211. The van der Waals surface area contributed by atoms with Crippen LogP contribution in [0.2, 0.25) is 0 Å². The van der Waals surface area contributed by atoms with Gasteiger partial charge < -0.3 is 20.3 Å². The Morgan fingerprint density at radius 1 is 0.974 bits per heavy atom. The Morgan fingerprint density at radius 2 is 1.77 bits per heavy atom. The number of hydrogen-bond acceptors (Lipinski definition) is 6. The maximum Gasteiger partial charge on any atom is 0.274 e. The van der Waals surface area contributed by atoms with Gasteiger partial charge in [0.15, 0.2) is 5.65 Å². The molecule has 2 N–H and O–H groups in total. The molecular weight excluding hydrogens is 495 g/mol. The first kappa shape index (κ1) is 24.6. The largest absolute Gasteiger partial charge is 0.489 e. The van der Waals surface area contributed by atoms with Gasteiger partial charge in [0.2, 0.25) is 0 Å². The lowest BCUT2D eigenvalue weighted by Crippen LogP contribution is -2.43. The van der Waals surface area contributed by atoms with Crippen LogP contribution in [0.4, 0.5) is 15.8 Å². The number of aromatic nitrogens is 3. The monoisotopic (exact) mass is 522 g/mol. The Balaban J connectivity index is 1.23. The summed E-state index contributed by atoms with van der Waals surface area (Å²) in [5.41, 5.74) is 4.09. The number of benzene rings is 3. The molecule has 1 amide bonds. The molecule has 9 heteroatoms. The van der Waals surface area contributed by atoms with Gasteiger partial charge in [-0.2, -0.15) is 5.10 Å². The maximum atomic E-state index is 15.2. The van der Waals surface area contributed by atoms with Crippen LogP contribution in [0.15, 0.2) is 91.3 Å². The van der Waals surface area contributed by atoms with E-state index in [-0.39, 0.29) is 11.6 Å². The van der Waals surface area contributed by atoms with Crippen LogP contribution in [-0.4, -0.2) is 46.7 Å². The van der Waals surface area contributed by atoms with E-state index in [2.05, 4.69) is 25.6 Å². The molecule has 0 radical (unpaired) electrons.